The number of rotatable bonds is 11. The number of hydrogen-bond donors (Lipinski definition) is 2. The molecule has 14 heteroatoms. The van der Waals surface area contributed by atoms with Gasteiger partial charge in [0.25, 0.3) is 0 Å². The lowest BCUT2D eigenvalue weighted by molar-refractivity contribution is 0.0159. The second kappa shape index (κ2) is 11.7. The SMILES string of the molecule is CCOC(C)n1cc(C2=C(OC(C)C)C3=NC(C)(Nc4ccc(S(=O)(=O)c5cccc(C=O)c5)cc4F)NN3C=N2)cn1. The first kappa shape index (κ1) is 30.1. The van der Waals surface area contributed by atoms with Gasteiger partial charge in [-0.1, -0.05) is 12.1 Å². The van der Waals surface area contributed by atoms with Crippen molar-refractivity contribution in [1.29, 1.82) is 0 Å². The van der Waals surface area contributed by atoms with E-state index in [0.29, 0.717) is 35.7 Å². The summed E-state index contributed by atoms with van der Waals surface area (Å²) in [6.07, 6.45) is 5.09. The fourth-order valence-corrected chi connectivity index (χ4v) is 5.93. The van der Waals surface area contributed by atoms with Crippen LogP contribution in [0.5, 0.6) is 0 Å². The molecule has 3 heterocycles. The molecule has 2 N–H and O–H groups in total. The van der Waals surface area contributed by atoms with Gasteiger partial charge in [0.2, 0.25) is 15.6 Å². The fourth-order valence-electron chi connectivity index (χ4n) is 4.60. The maximum atomic E-state index is 15.3. The van der Waals surface area contributed by atoms with Crippen LogP contribution >= 0.6 is 0 Å². The van der Waals surface area contributed by atoms with Crippen molar-refractivity contribution in [3.05, 3.63) is 77.6 Å². The van der Waals surface area contributed by atoms with Crippen LogP contribution in [-0.2, 0) is 19.3 Å². The Labute approximate surface area is 248 Å². The number of nitrogens with zero attached hydrogens (tertiary/aromatic N) is 5. The molecule has 0 saturated heterocycles. The summed E-state index contributed by atoms with van der Waals surface area (Å²) in [6, 6.07) is 9.08. The molecule has 0 radical (unpaired) electrons. The van der Waals surface area contributed by atoms with Gasteiger partial charge < -0.3 is 14.8 Å². The Bertz CT molecular complexity index is 1750. The fraction of sp³-hybridized carbons (Fsp3) is 0.310. The molecule has 0 bridgehead atoms. The molecule has 3 aromatic rings. The van der Waals surface area contributed by atoms with Crippen molar-refractivity contribution < 1.29 is 27.1 Å². The number of amidine groups is 1. The lowest BCUT2D eigenvalue weighted by Crippen LogP contribution is -2.51. The number of benzene rings is 2. The van der Waals surface area contributed by atoms with Gasteiger partial charge in [-0.15, -0.1) is 0 Å². The Morgan fingerprint density at radius 2 is 1.93 bits per heavy atom. The second-order valence-corrected chi connectivity index (χ2v) is 12.3. The van der Waals surface area contributed by atoms with E-state index in [1.54, 1.807) is 22.8 Å². The first-order valence-electron chi connectivity index (χ1n) is 13.6. The summed E-state index contributed by atoms with van der Waals surface area (Å²) in [5.74, 6) is -1.25. The van der Waals surface area contributed by atoms with Gasteiger partial charge in [-0.25, -0.2) is 32.5 Å². The molecule has 0 aliphatic carbocycles. The second-order valence-electron chi connectivity index (χ2n) is 10.3. The van der Waals surface area contributed by atoms with Crippen LogP contribution in [0.3, 0.4) is 0 Å². The minimum atomic E-state index is -4.06. The summed E-state index contributed by atoms with van der Waals surface area (Å²) in [5.41, 5.74) is 4.57. The molecule has 0 saturated carbocycles. The van der Waals surface area contributed by atoms with Crippen LogP contribution in [0.4, 0.5) is 10.1 Å². The van der Waals surface area contributed by atoms with Crippen molar-refractivity contribution in [2.75, 3.05) is 11.9 Å². The summed E-state index contributed by atoms with van der Waals surface area (Å²) in [7, 11) is -4.06. The number of carbonyl (C=O) groups is 1. The van der Waals surface area contributed by atoms with Crippen LogP contribution < -0.4 is 10.7 Å². The molecule has 0 fully saturated rings. The van der Waals surface area contributed by atoms with Crippen molar-refractivity contribution >= 4 is 39.7 Å². The Balaban J connectivity index is 1.44. The Morgan fingerprint density at radius 3 is 2.63 bits per heavy atom. The number of anilines is 1. The first-order valence-corrected chi connectivity index (χ1v) is 15.1. The molecule has 0 amide bonds. The average molecular weight is 610 g/mol. The summed E-state index contributed by atoms with van der Waals surface area (Å²) in [4.78, 5) is 20.1. The third-order valence-electron chi connectivity index (χ3n) is 6.56. The first-order chi connectivity index (χ1) is 20.4. The van der Waals surface area contributed by atoms with Crippen molar-refractivity contribution in [2.45, 2.75) is 62.5 Å². The average Bonchev–Trinajstić information content (AvgIpc) is 3.59. The van der Waals surface area contributed by atoms with E-state index < -0.39 is 21.4 Å². The highest BCUT2D eigenvalue weighted by molar-refractivity contribution is 7.91. The monoisotopic (exact) mass is 609 g/mol. The van der Waals surface area contributed by atoms with Crippen LogP contribution in [0, 0.1) is 5.82 Å². The van der Waals surface area contributed by atoms with Gasteiger partial charge in [-0.2, -0.15) is 10.5 Å². The number of ether oxygens (including phenoxy) is 2. The number of sulfone groups is 1. The molecule has 1 aromatic heterocycles. The zero-order valence-corrected chi connectivity index (χ0v) is 25.1. The van der Waals surface area contributed by atoms with Crippen molar-refractivity contribution in [1.82, 2.24) is 20.2 Å². The number of carbonyl (C=O) groups excluding carboxylic acids is 1. The van der Waals surface area contributed by atoms with Crippen LogP contribution in [0.2, 0.25) is 0 Å². The Morgan fingerprint density at radius 1 is 1.16 bits per heavy atom. The summed E-state index contributed by atoms with van der Waals surface area (Å²) in [5, 5.41) is 8.98. The van der Waals surface area contributed by atoms with E-state index in [2.05, 4.69) is 20.8 Å². The molecular weight excluding hydrogens is 577 g/mol. The lowest BCUT2D eigenvalue weighted by atomic mass is 10.2. The highest BCUT2D eigenvalue weighted by Crippen LogP contribution is 2.33. The number of aldehydes is 1. The van der Waals surface area contributed by atoms with Gasteiger partial charge in [-0.3, -0.25) is 4.79 Å². The molecule has 2 aromatic carbocycles. The Kier molecular flexibility index (Phi) is 8.18. The van der Waals surface area contributed by atoms with Crippen LogP contribution in [0.1, 0.15) is 56.8 Å². The number of aliphatic imine (C=N–C) groups is 2. The smallest absolute Gasteiger partial charge is 0.206 e. The van der Waals surface area contributed by atoms with E-state index in [0.717, 1.165) is 6.07 Å². The molecule has 2 aliphatic rings. The quantitative estimate of drug-likeness (QED) is 0.304. The number of nitrogens with one attached hydrogen (secondary N) is 2. The Hall–Kier alpha value is -4.40. The number of hydrogen-bond acceptors (Lipinski definition) is 11. The molecule has 226 valence electrons. The van der Waals surface area contributed by atoms with E-state index in [-0.39, 0.29) is 33.4 Å². The van der Waals surface area contributed by atoms with E-state index in [9.17, 15) is 13.2 Å². The van der Waals surface area contributed by atoms with Gasteiger partial charge in [0, 0.05) is 23.9 Å². The van der Waals surface area contributed by atoms with E-state index in [1.807, 2.05) is 33.9 Å². The molecule has 12 nitrogen and oxygen atoms in total. The summed E-state index contributed by atoms with van der Waals surface area (Å²) >= 11 is 0. The molecule has 43 heavy (non-hydrogen) atoms. The maximum absolute atomic E-state index is 15.3. The molecular formula is C29H32FN7O5S. The van der Waals surface area contributed by atoms with E-state index >= 15 is 4.39 Å². The third kappa shape index (κ3) is 6.07. The van der Waals surface area contributed by atoms with Gasteiger partial charge in [-0.05, 0) is 65.0 Å². The molecule has 5 rings (SSSR count). The van der Waals surface area contributed by atoms with Gasteiger partial charge in [0.15, 0.2) is 11.6 Å². The number of halogens is 1. The van der Waals surface area contributed by atoms with E-state index in [4.69, 9.17) is 14.5 Å². The lowest BCUT2D eigenvalue weighted by Gasteiger charge is -2.27. The molecule has 2 atom stereocenters. The summed E-state index contributed by atoms with van der Waals surface area (Å²) in [6.45, 7) is 9.79. The maximum Gasteiger partial charge on any atom is 0.206 e. The largest absolute Gasteiger partial charge is 0.485 e. The minimum absolute atomic E-state index is 0.0125. The zero-order valence-electron chi connectivity index (χ0n) is 24.3. The predicted octanol–water partition coefficient (Wildman–Crippen LogP) is 4.36. The summed E-state index contributed by atoms with van der Waals surface area (Å²) < 4.78 is 55.0. The van der Waals surface area contributed by atoms with Crippen molar-refractivity contribution in [3.8, 4) is 0 Å². The highest BCUT2D eigenvalue weighted by Gasteiger charge is 2.40. The normalized spacial score (nSPS) is 19.0. The number of hydrazine groups is 1. The number of fused-ring (bicyclic) bond motifs is 1. The molecule has 2 unspecified atom stereocenters. The van der Waals surface area contributed by atoms with Gasteiger partial charge in [0.1, 0.15) is 30.4 Å². The standard InChI is InChI=1S/C29H32FN7O5S/c1-6-41-19(4)36-15-21(14-32-36)26-27(42-18(2)3)28-34-29(5,35-37(28)17-31-26)33-25-11-10-23(13-24(25)30)43(39,40)22-9-7-8-20(12-22)16-38/h7-19,33,35H,6H2,1-5H3. The zero-order chi connectivity index (χ0) is 30.9. The third-order valence-corrected chi connectivity index (χ3v) is 8.31. The van der Waals surface area contributed by atoms with Crippen molar-refractivity contribution in [2.24, 2.45) is 9.98 Å². The van der Waals surface area contributed by atoms with Crippen molar-refractivity contribution in [3.63, 3.8) is 0 Å². The van der Waals surface area contributed by atoms with Crippen LogP contribution in [0.25, 0.3) is 5.70 Å². The number of aromatic nitrogens is 2. The predicted molar refractivity (Wildman–Crippen MR) is 158 cm³/mol. The van der Waals surface area contributed by atoms with Crippen LogP contribution in [0.15, 0.2) is 80.4 Å². The van der Waals surface area contributed by atoms with E-state index in [1.165, 1.54) is 42.7 Å². The molecule has 2 aliphatic heterocycles. The van der Waals surface area contributed by atoms with Gasteiger partial charge >= 0.3 is 0 Å². The topological polar surface area (TPSA) is 140 Å². The van der Waals surface area contributed by atoms with Gasteiger partial charge in [0.05, 0.1) is 27.8 Å². The minimum Gasteiger partial charge on any atom is -0.485 e. The van der Waals surface area contributed by atoms with Crippen LogP contribution in [-0.4, -0.2) is 60.2 Å². The highest BCUT2D eigenvalue weighted by atomic mass is 32.2. The molecule has 0 spiro atoms.